The van der Waals surface area contributed by atoms with E-state index in [1.165, 1.54) is 25.1 Å². The van der Waals surface area contributed by atoms with E-state index >= 15 is 0 Å². The molecule has 1 aliphatic heterocycles. The number of aromatic hydroxyl groups is 3. The van der Waals surface area contributed by atoms with Crippen LogP contribution in [0.1, 0.15) is 38.3 Å². The SMILES string of the molecule is CC(O)(O)CCc1c(-c2ccc(O)cc2O)oc2c3c(cc(O)c2c1=O)OC(C)(C)C=C3. The lowest BCUT2D eigenvalue weighted by molar-refractivity contribution is -0.148. The van der Waals surface area contributed by atoms with Crippen LogP contribution in [0.3, 0.4) is 0 Å². The van der Waals surface area contributed by atoms with E-state index in [1.54, 1.807) is 12.2 Å². The maximum Gasteiger partial charge on any atom is 0.200 e. The minimum atomic E-state index is -2.05. The van der Waals surface area contributed by atoms with Gasteiger partial charge in [-0.15, -0.1) is 0 Å². The zero-order valence-corrected chi connectivity index (χ0v) is 17.8. The molecule has 0 saturated carbocycles. The Morgan fingerprint density at radius 2 is 1.78 bits per heavy atom. The van der Waals surface area contributed by atoms with Crippen molar-refractivity contribution >= 4 is 17.0 Å². The minimum absolute atomic E-state index is 0.00437. The number of rotatable bonds is 4. The molecule has 2 aromatic carbocycles. The molecule has 0 fully saturated rings. The van der Waals surface area contributed by atoms with E-state index in [0.717, 1.165) is 6.07 Å². The second-order valence-corrected chi connectivity index (χ2v) is 8.71. The van der Waals surface area contributed by atoms with Crippen LogP contribution in [0.5, 0.6) is 23.0 Å². The van der Waals surface area contributed by atoms with Crippen LogP contribution in [0, 0.1) is 0 Å². The number of fused-ring (bicyclic) bond motifs is 3. The lowest BCUT2D eigenvalue weighted by Crippen LogP contribution is -2.28. The maximum absolute atomic E-state index is 13.5. The minimum Gasteiger partial charge on any atom is -0.508 e. The highest BCUT2D eigenvalue weighted by atomic mass is 16.5. The van der Waals surface area contributed by atoms with Crippen LogP contribution in [-0.4, -0.2) is 36.9 Å². The van der Waals surface area contributed by atoms with Gasteiger partial charge in [0.25, 0.3) is 0 Å². The maximum atomic E-state index is 13.5. The first kappa shape index (κ1) is 21.7. The molecule has 1 aromatic heterocycles. The Bertz CT molecular complexity index is 1310. The number of benzene rings is 2. The summed E-state index contributed by atoms with van der Waals surface area (Å²) in [4.78, 5) is 13.5. The summed E-state index contributed by atoms with van der Waals surface area (Å²) in [5.74, 6) is -2.56. The van der Waals surface area contributed by atoms with Crippen molar-refractivity contribution in [2.24, 2.45) is 0 Å². The molecule has 8 nitrogen and oxygen atoms in total. The van der Waals surface area contributed by atoms with Gasteiger partial charge in [0.05, 0.1) is 11.1 Å². The molecule has 0 unspecified atom stereocenters. The summed E-state index contributed by atoms with van der Waals surface area (Å²) in [5.41, 5.74) is -0.501. The fourth-order valence-electron chi connectivity index (χ4n) is 3.74. The van der Waals surface area contributed by atoms with Gasteiger partial charge in [-0.05, 0) is 51.5 Å². The summed E-state index contributed by atoms with van der Waals surface area (Å²) >= 11 is 0. The molecule has 0 spiro atoms. The van der Waals surface area contributed by atoms with Gasteiger partial charge in [-0.2, -0.15) is 0 Å². The molecule has 3 aromatic rings. The third-order valence-electron chi connectivity index (χ3n) is 5.34. The molecule has 32 heavy (non-hydrogen) atoms. The number of aliphatic hydroxyl groups is 2. The van der Waals surface area contributed by atoms with Crippen LogP contribution in [0.2, 0.25) is 0 Å². The zero-order valence-electron chi connectivity index (χ0n) is 17.8. The van der Waals surface area contributed by atoms with Crippen LogP contribution in [0.25, 0.3) is 28.4 Å². The van der Waals surface area contributed by atoms with Crippen molar-refractivity contribution in [2.45, 2.75) is 45.0 Å². The molecule has 5 N–H and O–H groups in total. The molecule has 8 heteroatoms. The zero-order chi connectivity index (χ0) is 23.4. The predicted molar refractivity (Wildman–Crippen MR) is 118 cm³/mol. The summed E-state index contributed by atoms with van der Waals surface area (Å²) < 4.78 is 12.0. The molecule has 0 amide bonds. The van der Waals surface area contributed by atoms with Crippen molar-refractivity contribution in [3.05, 3.63) is 51.7 Å². The number of hydrogen-bond acceptors (Lipinski definition) is 8. The standard InChI is InChI=1S/C24H24O8/c1-23(2)8-6-14-18(32-23)11-17(27)19-20(28)15(7-9-24(3,29)30)21(31-22(14)19)13-5-4-12(25)10-16(13)26/h4-6,8,10-11,25-27,29-30H,7,9H2,1-3H3. The van der Waals surface area contributed by atoms with E-state index in [9.17, 15) is 30.3 Å². The quantitative estimate of drug-likeness (QED) is 0.389. The number of phenols is 3. The van der Waals surface area contributed by atoms with Crippen molar-refractivity contribution in [1.82, 2.24) is 0 Å². The first-order valence-corrected chi connectivity index (χ1v) is 10.1. The van der Waals surface area contributed by atoms with Gasteiger partial charge in [-0.25, -0.2) is 0 Å². The van der Waals surface area contributed by atoms with Crippen molar-refractivity contribution in [1.29, 1.82) is 0 Å². The summed E-state index contributed by atoms with van der Waals surface area (Å²) in [5, 5.41) is 50.2. The topological polar surface area (TPSA) is 141 Å². The molecule has 0 radical (unpaired) electrons. The highest BCUT2D eigenvalue weighted by molar-refractivity contribution is 5.95. The Labute approximate surface area is 183 Å². The van der Waals surface area contributed by atoms with Gasteiger partial charge in [0.2, 0.25) is 0 Å². The van der Waals surface area contributed by atoms with Gasteiger partial charge in [0.15, 0.2) is 16.8 Å². The Morgan fingerprint density at radius 1 is 1.06 bits per heavy atom. The number of hydrogen-bond donors (Lipinski definition) is 5. The highest BCUT2D eigenvalue weighted by Crippen LogP contribution is 2.43. The molecule has 2 heterocycles. The van der Waals surface area contributed by atoms with Crippen molar-refractivity contribution in [2.75, 3.05) is 0 Å². The predicted octanol–water partition coefficient (Wildman–Crippen LogP) is 3.39. The van der Waals surface area contributed by atoms with Crippen molar-refractivity contribution < 1.29 is 34.7 Å². The largest absolute Gasteiger partial charge is 0.508 e. The Kier molecular flexibility index (Phi) is 4.95. The Balaban J connectivity index is 2.06. The van der Waals surface area contributed by atoms with Gasteiger partial charge in [-0.3, -0.25) is 4.79 Å². The van der Waals surface area contributed by atoms with Gasteiger partial charge in [0.1, 0.15) is 39.7 Å². The summed E-state index contributed by atoms with van der Waals surface area (Å²) in [6.07, 6.45) is 3.23. The molecule has 168 valence electrons. The van der Waals surface area contributed by atoms with E-state index in [-0.39, 0.29) is 57.9 Å². The highest BCUT2D eigenvalue weighted by Gasteiger charge is 2.29. The van der Waals surface area contributed by atoms with Crippen LogP contribution < -0.4 is 10.2 Å². The van der Waals surface area contributed by atoms with Gasteiger partial charge in [-0.1, -0.05) is 0 Å². The Morgan fingerprint density at radius 3 is 2.44 bits per heavy atom. The van der Waals surface area contributed by atoms with Gasteiger partial charge >= 0.3 is 0 Å². The van der Waals surface area contributed by atoms with Crippen molar-refractivity contribution in [3.63, 3.8) is 0 Å². The summed E-state index contributed by atoms with van der Waals surface area (Å²) in [6.45, 7) is 4.87. The lowest BCUT2D eigenvalue weighted by Gasteiger charge is -2.28. The molecular weight excluding hydrogens is 416 g/mol. The smallest absolute Gasteiger partial charge is 0.200 e. The first-order valence-electron chi connectivity index (χ1n) is 10.1. The van der Waals surface area contributed by atoms with E-state index in [1.807, 2.05) is 13.8 Å². The number of phenolic OH excluding ortho intramolecular Hbond substituents is 3. The molecule has 0 bridgehead atoms. The fraction of sp³-hybridized carbons (Fsp3) is 0.292. The van der Waals surface area contributed by atoms with Crippen molar-refractivity contribution in [3.8, 4) is 34.3 Å². The lowest BCUT2D eigenvalue weighted by atomic mass is 9.95. The molecular formula is C24H24O8. The van der Waals surface area contributed by atoms with Crippen LogP contribution in [0.4, 0.5) is 0 Å². The van der Waals surface area contributed by atoms with E-state index in [4.69, 9.17) is 9.15 Å². The third-order valence-corrected chi connectivity index (χ3v) is 5.34. The molecule has 0 aliphatic carbocycles. The second-order valence-electron chi connectivity index (χ2n) is 8.71. The van der Waals surface area contributed by atoms with Gasteiger partial charge in [0, 0.05) is 24.1 Å². The normalized spacial score (nSPS) is 14.9. The molecule has 0 saturated heterocycles. The Hall–Kier alpha value is -3.49. The fourth-order valence-corrected chi connectivity index (χ4v) is 3.74. The van der Waals surface area contributed by atoms with Crippen LogP contribution in [-0.2, 0) is 6.42 Å². The van der Waals surface area contributed by atoms with Crippen LogP contribution in [0.15, 0.2) is 39.6 Å². The summed E-state index contributed by atoms with van der Waals surface area (Å²) in [6, 6.07) is 5.17. The monoisotopic (exact) mass is 440 g/mol. The average Bonchev–Trinajstić information content (AvgIpc) is 2.65. The van der Waals surface area contributed by atoms with E-state index in [2.05, 4.69) is 0 Å². The first-order chi connectivity index (χ1) is 14.9. The molecule has 1 aliphatic rings. The average molecular weight is 440 g/mol. The summed E-state index contributed by atoms with van der Waals surface area (Å²) in [7, 11) is 0. The van der Waals surface area contributed by atoms with E-state index < -0.39 is 16.8 Å². The van der Waals surface area contributed by atoms with E-state index in [0.29, 0.717) is 11.3 Å². The second kappa shape index (κ2) is 7.29. The van der Waals surface area contributed by atoms with Gasteiger partial charge < -0.3 is 34.7 Å². The third kappa shape index (κ3) is 3.90. The molecule has 0 atom stereocenters. The molecule has 4 rings (SSSR count). The van der Waals surface area contributed by atoms with Crippen LogP contribution >= 0.6 is 0 Å². The number of ether oxygens (including phenoxy) is 1.